The van der Waals surface area contributed by atoms with E-state index in [-0.39, 0.29) is 11.9 Å². The maximum Gasteiger partial charge on any atom is 0.272 e. The fraction of sp³-hybridized carbons (Fsp3) is 0.353. The van der Waals surface area contributed by atoms with Gasteiger partial charge in [-0.15, -0.1) is 11.3 Å². The average molecular weight is 369 g/mol. The van der Waals surface area contributed by atoms with Gasteiger partial charge < -0.3 is 10.2 Å². The molecule has 1 aliphatic heterocycles. The molecule has 4 heterocycles. The van der Waals surface area contributed by atoms with Gasteiger partial charge in [0.2, 0.25) is 0 Å². The van der Waals surface area contributed by atoms with Crippen LogP contribution in [0.15, 0.2) is 29.9 Å². The lowest BCUT2D eigenvalue weighted by molar-refractivity contribution is 0.0599. The van der Waals surface area contributed by atoms with Crippen molar-refractivity contribution in [1.29, 1.82) is 0 Å². The molecule has 8 nitrogen and oxygen atoms in total. The van der Waals surface area contributed by atoms with Crippen LogP contribution in [0.2, 0.25) is 0 Å². The lowest BCUT2D eigenvalue weighted by atomic mass is 9.98. The number of hydrogen-bond donors (Lipinski definition) is 2. The van der Waals surface area contributed by atoms with Crippen molar-refractivity contribution in [2.75, 3.05) is 11.9 Å². The highest BCUT2D eigenvalue weighted by molar-refractivity contribution is 7.13. The molecule has 0 aromatic carbocycles. The van der Waals surface area contributed by atoms with Gasteiger partial charge in [-0.05, 0) is 32.3 Å². The second-order valence-corrected chi connectivity index (χ2v) is 7.06. The predicted octanol–water partition coefficient (Wildman–Crippen LogP) is 3.08. The molecule has 1 aliphatic rings. The molecule has 2 N–H and O–H groups in total. The molecule has 0 saturated carbocycles. The van der Waals surface area contributed by atoms with Crippen LogP contribution in [-0.2, 0) is 0 Å². The molecular weight excluding hydrogens is 350 g/mol. The first-order valence-electron chi connectivity index (χ1n) is 8.53. The minimum atomic E-state index is -0.0712. The SMILES string of the molecule is Cc1nc(Nc2nccs2)cc(C2CCCCN2C(=O)c2ccn[nH]2)n1. The number of nitrogens with one attached hydrogen (secondary N) is 2. The van der Waals surface area contributed by atoms with E-state index >= 15 is 0 Å². The number of aryl methyl sites for hydroxylation is 1. The predicted molar refractivity (Wildman–Crippen MR) is 98.4 cm³/mol. The summed E-state index contributed by atoms with van der Waals surface area (Å²) in [5.74, 6) is 1.32. The largest absolute Gasteiger partial charge is 0.329 e. The summed E-state index contributed by atoms with van der Waals surface area (Å²) in [6, 6.07) is 3.55. The molecule has 1 amide bonds. The molecule has 0 radical (unpaired) electrons. The quantitative estimate of drug-likeness (QED) is 0.733. The zero-order chi connectivity index (χ0) is 17.9. The minimum Gasteiger partial charge on any atom is -0.329 e. The Bertz CT molecular complexity index is 879. The topological polar surface area (TPSA) is 99.7 Å². The first-order valence-corrected chi connectivity index (χ1v) is 9.41. The Morgan fingerprint density at radius 3 is 3.04 bits per heavy atom. The second-order valence-electron chi connectivity index (χ2n) is 6.17. The summed E-state index contributed by atoms with van der Waals surface area (Å²) in [6.45, 7) is 2.57. The molecule has 26 heavy (non-hydrogen) atoms. The molecule has 1 atom stereocenters. The van der Waals surface area contributed by atoms with Gasteiger partial charge in [-0.25, -0.2) is 15.0 Å². The number of amides is 1. The molecule has 0 bridgehead atoms. The van der Waals surface area contributed by atoms with E-state index in [1.54, 1.807) is 18.5 Å². The van der Waals surface area contributed by atoms with Gasteiger partial charge >= 0.3 is 0 Å². The van der Waals surface area contributed by atoms with Crippen molar-refractivity contribution >= 4 is 28.2 Å². The average Bonchev–Trinajstić information content (AvgIpc) is 3.34. The number of H-pyrrole nitrogens is 1. The molecule has 0 aliphatic carbocycles. The van der Waals surface area contributed by atoms with Gasteiger partial charge in [0.15, 0.2) is 5.13 Å². The summed E-state index contributed by atoms with van der Waals surface area (Å²) in [7, 11) is 0. The van der Waals surface area contributed by atoms with Crippen LogP contribution in [0.5, 0.6) is 0 Å². The molecule has 9 heteroatoms. The van der Waals surface area contributed by atoms with Crippen molar-refractivity contribution in [1.82, 2.24) is 30.0 Å². The molecule has 0 spiro atoms. The number of carbonyl (C=O) groups excluding carboxylic acids is 1. The Hall–Kier alpha value is -2.81. The molecule has 134 valence electrons. The highest BCUT2D eigenvalue weighted by Gasteiger charge is 2.30. The first-order chi connectivity index (χ1) is 12.7. The van der Waals surface area contributed by atoms with Crippen molar-refractivity contribution < 1.29 is 4.79 Å². The maximum atomic E-state index is 12.9. The third kappa shape index (κ3) is 3.43. The number of thiazole rings is 1. The highest BCUT2D eigenvalue weighted by atomic mass is 32.1. The van der Waals surface area contributed by atoms with Crippen LogP contribution in [0.25, 0.3) is 0 Å². The van der Waals surface area contributed by atoms with Crippen LogP contribution in [0.1, 0.15) is 47.3 Å². The van der Waals surface area contributed by atoms with E-state index in [9.17, 15) is 4.79 Å². The highest BCUT2D eigenvalue weighted by Crippen LogP contribution is 2.32. The summed E-state index contributed by atoms with van der Waals surface area (Å²) in [5, 5.41) is 12.6. The Morgan fingerprint density at radius 2 is 2.27 bits per heavy atom. The molecule has 1 fully saturated rings. The summed E-state index contributed by atoms with van der Waals surface area (Å²) in [6.07, 6.45) is 6.28. The Kier molecular flexibility index (Phi) is 4.61. The third-order valence-corrected chi connectivity index (χ3v) is 5.05. The lowest BCUT2D eigenvalue weighted by Gasteiger charge is -2.35. The number of aromatic amines is 1. The van der Waals surface area contributed by atoms with Crippen molar-refractivity contribution in [3.8, 4) is 0 Å². The summed E-state index contributed by atoms with van der Waals surface area (Å²) >= 11 is 1.51. The number of carbonyl (C=O) groups is 1. The lowest BCUT2D eigenvalue weighted by Crippen LogP contribution is -2.39. The van der Waals surface area contributed by atoms with E-state index in [1.165, 1.54) is 11.3 Å². The monoisotopic (exact) mass is 369 g/mol. The molecule has 1 unspecified atom stereocenters. The number of likely N-dealkylation sites (tertiary alicyclic amines) is 1. The van der Waals surface area contributed by atoms with E-state index in [1.807, 2.05) is 23.3 Å². The molecule has 3 aromatic heterocycles. The second kappa shape index (κ2) is 7.20. The van der Waals surface area contributed by atoms with Crippen LogP contribution >= 0.6 is 11.3 Å². The Labute approximate surface area is 154 Å². The minimum absolute atomic E-state index is 0.0436. The summed E-state index contributed by atoms with van der Waals surface area (Å²) < 4.78 is 0. The van der Waals surface area contributed by atoms with Crippen LogP contribution in [0.4, 0.5) is 10.9 Å². The van der Waals surface area contributed by atoms with Crippen molar-refractivity contribution in [2.24, 2.45) is 0 Å². The van der Waals surface area contributed by atoms with Gasteiger partial charge in [-0.2, -0.15) is 5.10 Å². The normalized spacial score (nSPS) is 17.3. The van der Waals surface area contributed by atoms with Gasteiger partial charge in [-0.3, -0.25) is 9.89 Å². The van der Waals surface area contributed by atoms with Crippen molar-refractivity contribution in [3.05, 3.63) is 47.1 Å². The summed E-state index contributed by atoms with van der Waals surface area (Å²) in [4.78, 5) is 28.0. The van der Waals surface area contributed by atoms with Gasteiger partial charge in [0.25, 0.3) is 5.91 Å². The van der Waals surface area contributed by atoms with Crippen molar-refractivity contribution in [3.63, 3.8) is 0 Å². The Balaban J connectivity index is 1.63. The van der Waals surface area contributed by atoms with Gasteiger partial charge in [-0.1, -0.05) is 0 Å². The number of aromatic nitrogens is 5. The number of rotatable bonds is 4. The number of nitrogens with zero attached hydrogens (tertiary/aromatic N) is 5. The van der Waals surface area contributed by atoms with E-state index in [0.717, 1.165) is 30.1 Å². The van der Waals surface area contributed by atoms with Crippen LogP contribution < -0.4 is 5.32 Å². The van der Waals surface area contributed by atoms with Gasteiger partial charge in [0, 0.05) is 30.4 Å². The molecular formula is C17H19N7OS. The van der Waals surface area contributed by atoms with Gasteiger partial charge in [0.05, 0.1) is 11.7 Å². The molecule has 4 rings (SSSR count). The molecule has 1 saturated heterocycles. The van der Waals surface area contributed by atoms with Gasteiger partial charge in [0.1, 0.15) is 17.3 Å². The zero-order valence-corrected chi connectivity index (χ0v) is 15.2. The van der Waals surface area contributed by atoms with Crippen LogP contribution in [0, 0.1) is 6.92 Å². The fourth-order valence-corrected chi connectivity index (χ4v) is 3.77. The fourth-order valence-electron chi connectivity index (χ4n) is 3.23. The smallest absolute Gasteiger partial charge is 0.272 e. The molecule has 3 aromatic rings. The van der Waals surface area contributed by atoms with E-state index < -0.39 is 0 Å². The standard InChI is InChI=1S/C17H19N7OS/c1-11-20-13(10-15(21-11)22-17-18-7-9-26-17)14-4-2-3-8-24(14)16(25)12-5-6-19-23-12/h5-7,9-10,14H,2-4,8H2,1H3,(H,19,23)(H,18,20,21,22). The van der Waals surface area contributed by atoms with E-state index in [4.69, 9.17) is 0 Å². The van der Waals surface area contributed by atoms with E-state index in [2.05, 4.69) is 30.5 Å². The summed E-state index contributed by atoms with van der Waals surface area (Å²) in [5.41, 5.74) is 1.35. The van der Waals surface area contributed by atoms with E-state index in [0.29, 0.717) is 23.9 Å². The Morgan fingerprint density at radius 1 is 1.35 bits per heavy atom. The maximum absolute atomic E-state index is 12.9. The van der Waals surface area contributed by atoms with Crippen LogP contribution in [-0.4, -0.2) is 42.5 Å². The van der Waals surface area contributed by atoms with Crippen molar-refractivity contribution in [2.45, 2.75) is 32.2 Å². The number of hydrogen-bond acceptors (Lipinski definition) is 7. The number of piperidine rings is 1. The first kappa shape index (κ1) is 16.6. The third-order valence-electron chi connectivity index (χ3n) is 4.36. The van der Waals surface area contributed by atoms with Crippen LogP contribution in [0.3, 0.4) is 0 Å². The number of anilines is 2. The zero-order valence-electron chi connectivity index (χ0n) is 14.3.